The van der Waals surface area contributed by atoms with Crippen molar-refractivity contribution >= 4 is 11.9 Å². The molecule has 0 radical (unpaired) electrons. The molecule has 3 aromatic carbocycles. The van der Waals surface area contributed by atoms with E-state index in [1.165, 1.54) is 32.1 Å². The molecule has 3 aromatic rings. The average molecular weight is 629 g/mol. The second-order valence-corrected chi connectivity index (χ2v) is 12.7. The summed E-state index contributed by atoms with van der Waals surface area (Å²) in [6.45, 7) is 5.68. The van der Waals surface area contributed by atoms with Gasteiger partial charge in [0.15, 0.2) is 6.29 Å². The quantitative estimate of drug-likeness (QED) is 0.203. The van der Waals surface area contributed by atoms with Gasteiger partial charge in [-0.15, -0.1) is 0 Å². The van der Waals surface area contributed by atoms with E-state index in [4.69, 9.17) is 14.6 Å². The molecule has 0 bridgehead atoms. The van der Waals surface area contributed by atoms with Crippen LogP contribution in [-0.2, 0) is 32.2 Å². The third-order valence-corrected chi connectivity index (χ3v) is 9.29. The molecule has 2 aliphatic rings. The van der Waals surface area contributed by atoms with E-state index in [9.17, 15) is 14.7 Å². The van der Waals surface area contributed by atoms with Crippen LogP contribution in [0.2, 0.25) is 0 Å². The Morgan fingerprint density at radius 3 is 2.22 bits per heavy atom. The van der Waals surface area contributed by atoms with Crippen molar-refractivity contribution in [2.24, 2.45) is 5.92 Å². The number of carbonyl (C=O) groups is 2. The number of likely N-dealkylation sites (tertiary alicyclic amines) is 1. The van der Waals surface area contributed by atoms with Gasteiger partial charge in [-0.1, -0.05) is 99.0 Å². The molecule has 0 aromatic heterocycles. The molecule has 8 heteroatoms. The van der Waals surface area contributed by atoms with Crippen LogP contribution in [0.15, 0.2) is 72.8 Å². The van der Waals surface area contributed by atoms with Gasteiger partial charge in [-0.25, -0.2) is 0 Å². The number of nitrogens with zero attached hydrogens (tertiary/aromatic N) is 1. The Kier molecular flexibility index (Phi) is 12.4. The number of aliphatic hydroxyl groups excluding tert-OH is 1. The molecule has 0 aliphatic carbocycles. The number of carboxylic acids is 1. The van der Waals surface area contributed by atoms with E-state index in [2.05, 4.69) is 53.5 Å². The summed E-state index contributed by atoms with van der Waals surface area (Å²) in [5.74, 6) is -0.902. The number of carbonyl (C=O) groups excluding carboxylic acids is 1. The molecule has 0 spiro atoms. The zero-order valence-electron chi connectivity index (χ0n) is 26.9. The first kappa shape index (κ1) is 33.8. The van der Waals surface area contributed by atoms with E-state index in [1.54, 1.807) is 0 Å². The molecule has 5 rings (SSSR count). The van der Waals surface area contributed by atoms with Crippen molar-refractivity contribution in [2.75, 3.05) is 19.6 Å². The van der Waals surface area contributed by atoms with E-state index >= 15 is 0 Å². The van der Waals surface area contributed by atoms with Gasteiger partial charge in [0.05, 0.1) is 18.8 Å². The molecule has 46 heavy (non-hydrogen) atoms. The topological polar surface area (TPSA) is 108 Å². The highest BCUT2D eigenvalue weighted by atomic mass is 16.7. The fourth-order valence-electron chi connectivity index (χ4n) is 6.54. The number of hydrogen-bond donors (Lipinski definition) is 3. The largest absolute Gasteiger partial charge is 0.481 e. The maximum absolute atomic E-state index is 12.3. The van der Waals surface area contributed by atoms with Gasteiger partial charge < -0.3 is 29.9 Å². The Balaban J connectivity index is 1.32. The lowest BCUT2D eigenvalue weighted by Gasteiger charge is -2.43. The van der Waals surface area contributed by atoms with Crippen LogP contribution >= 0.6 is 0 Å². The predicted octanol–water partition coefficient (Wildman–Crippen LogP) is 6.77. The lowest BCUT2D eigenvalue weighted by Crippen LogP contribution is -2.45. The van der Waals surface area contributed by atoms with Crippen LogP contribution in [0.5, 0.6) is 0 Å². The fourth-order valence-corrected chi connectivity index (χ4v) is 6.54. The Morgan fingerprint density at radius 2 is 1.52 bits per heavy atom. The van der Waals surface area contributed by atoms with Crippen LogP contribution in [0, 0.1) is 5.92 Å². The zero-order valence-corrected chi connectivity index (χ0v) is 26.9. The molecule has 2 fully saturated rings. The summed E-state index contributed by atoms with van der Waals surface area (Å²) in [7, 11) is 0. The normalized spacial score (nSPS) is 22.5. The highest BCUT2D eigenvalue weighted by molar-refractivity contribution is 5.77. The van der Waals surface area contributed by atoms with Crippen molar-refractivity contribution < 1.29 is 29.3 Å². The summed E-state index contributed by atoms with van der Waals surface area (Å²) in [6, 6.07) is 24.3. The highest BCUT2D eigenvalue weighted by Gasteiger charge is 2.39. The Labute approximate surface area is 272 Å². The molecule has 4 atom stereocenters. The Hall–Kier alpha value is -3.56. The number of ether oxygens (including phenoxy) is 2. The molecule has 1 amide bonds. The van der Waals surface area contributed by atoms with E-state index < -0.39 is 12.3 Å². The van der Waals surface area contributed by atoms with Crippen molar-refractivity contribution in [3.05, 3.63) is 95.1 Å². The van der Waals surface area contributed by atoms with Crippen molar-refractivity contribution in [2.45, 2.75) is 89.9 Å². The summed E-state index contributed by atoms with van der Waals surface area (Å²) < 4.78 is 13.5. The van der Waals surface area contributed by atoms with Gasteiger partial charge in [-0.2, -0.15) is 0 Å². The van der Waals surface area contributed by atoms with E-state index in [0.29, 0.717) is 13.0 Å². The Morgan fingerprint density at radius 1 is 0.848 bits per heavy atom. The average Bonchev–Trinajstić information content (AvgIpc) is 3.06. The van der Waals surface area contributed by atoms with Gasteiger partial charge in [0.25, 0.3) is 0 Å². The number of rotatable bonds is 12. The number of nitrogens with one attached hydrogen (secondary N) is 1. The lowest BCUT2D eigenvalue weighted by molar-refractivity contribution is -0.276. The minimum atomic E-state index is -0.893. The molecule has 0 saturated carbocycles. The molecule has 4 unspecified atom stereocenters. The fraction of sp³-hybridized carbons (Fsp3) is 0.474. The molecule has 246 valence electrons. The van der Waals surface area contributed by atoms with Crippen molar-refractivity contribution in [3.8, 4) is 11.1 Å². The minimum absolute atomic E-state index is 0.000192. The van der Waals surface area contributed by atoms with Gasteiger partial charge in [-0.3, -0.25) is 9.59 Å². The van der Waals surface area contributed by atoms with Crippen LogP contribution in [0.25, 0.3) is 11.1 Å². The van der Waals surface area contributed by atoms with E-state index in [0.717, 1.165) is 53.0 Å². The predicted molar refractivity (Wildman–Crippen MR) is 178 cm³/mol. The highest BCUT2D eigenvalue weighted by Crippen LogP contribution is 2.42. The van der Waals surface area contributed by atoms with Crippen molar-refractivity contribution in [1.29, 1.82) is 0 Å². The smallest absolute Gasteiger partial charge is 0.303 e. The van der Waals surface area contributed by atoms with E-state index in [1.807, 2.05) is 36.4 Å². The SMILES string of the molecule is CC1C(CN2CCCCCCC2)OC(c2ccc(-c3ccccc3CNC(=O)CCCC(=O)O)cc2)OC1c1ccc(CO)cc1. The molecule has 8 nitrogen and oxygen atoms in total. The molecular formula is C38H48N2O6. The zero-order chi connectivity index (χ0) is 32.3. The summed E-state index contributed by atoms with van der Waals surface area (Å²) in [4.78, 5) is 25.6. The van der Waals surface area contributed by atoms with Crippen LogP contribution in [-0.4, -0.2) is 52.7 Å². The number of aliphatic hydroxyl groups is 1. The second kappa shape index (κ2) is 16.8. The Bertz CT molecular complexity index is 1400. The monoisotopic (exact) mass is 628 g/mol. The maximum Gasteiger partial charge on any atom is 0.303 e. The molecule has 2 heterocycles. The van der Waals surface area contributed by atoms with Gasteiger partial charge in [-0.05, 0) is 60.2 Å². The molecule has 2 saturated heterocycles. The summed E-state index contributed by atoms with van der Waals surface area (Å²) in [6.07, 6.45) is 6.19. The maximum atomic E-state index is 12.3. The van der Waals surface area contributed by atoms with Crippen LogP contribution in [0.3, 0.4) is 0 Å². The van der Waals surface area contributed by atoms with Gasteiger partial charge in [0.1, 0.15) is 0 Å². The van der Waals surface area contributed by atoms with Crippen molar-refractivity contribution in [1.82, 2.24) is 10.2 Å². The molecular weight excluding hydrogens is 580 g/mol. The third-order valence-electron chi connectivity index (χ3n) is 9.29. The first-order valence-corrected chi connectivity index (χ1v) is 16.8. The summed E-state index contributed by atoms with van der Waals surface area (Å²) >= 11 is 0. The number of amides is 1. The van der Waals surface area contributed by atoms with Crippen LogP contribution in [0.1, 0.15) is 92.9 Å². The number of carboxylic acid groups (broad SMARTS) is 1. The standard InChI is InChI=1S/C38H48N2O6/c1-27-34(25-40-22-7-3-2-4-8-23-40)45-38(46-37(27)30-16-14-28(26-41)15-17-30)31-20-18-29(19-21-31)33-11-6-5-10-32(33)24-39-35(42)12-9-13-36(43)44/h5-6,10-11,14-21,27,34,37-38,41H,2-4,7-9,12-13,22-26H2,1H3,(H,39,42)(H,43,44). The third kappa shape index (κ3) is 9.26. The van der Waals surface area contributed by atoms with E-state index in [-0.39, 0.29) is 43.5 Å². The number of hydrogen-bond acceptors (Lipinski definition) is 6. The second-order valence-electron chi connectivity index (χ2n) is 12.7. The van der Waals surface area contributed by atoms with Gasteiger partial charge in [0, 0.05) is 37.4 Å². The van der Waals surface area contributed by atoms with Gasteiger partial charge >= 0.3 is 5.97 Å². The summed E-state index contributed by atoms with van der Waals surface area (Å²) in [5.41, 5.74) is 5.96. The molecule has 3 N–H and O–H groups in total. The number of aliphatic carboxylic acids is 1. The first-order chi connectivity index (χ1) is 22.4. The van der Waals surface area contributed by atoms with Crippen LogP contribution in [0.4, 0.5) is 0 Å². The first-order valence-electron chi connectivity index (χ1n) is 16.8. The lowest BCUT2D eigenvalue weighted by atomic mass is 9.89. The summed E-state index contributed by atoms with van der Waals surface area (Å²) in [5, 5.41) is 21.3. The van der Waals surface area contributed by atoms with Crippen LogP contribution < -0.4 is 5.32 Å². The number of benzene rings is 3. The van der Waals surface area contributed by atoms with Gasteiger partial charge in [0.2, 0.25) is 5.91 Å². The van der Waals surface area contributed by atoms with Crippen molar-refractivity contribution in [3.63, 3.8) is 0 Å². The molecule has 2 aliphatic heterocycles. The minimum Gasteiger partial charge on any atom is -0.481 e.